The maximum absolute atomic E-state index is 11.7. The lowest BCUT2D eigenvalue weighted by molar-refractivity contribution is -0.143. The van der Waals surface area contributed by atoms with E-state index < -0.39 is 0 Å². The van der Waals surface area contributed by atoms with Gasteiger partial charge in [-0.05, 0) is 25.7 Å². The van der Waals surface area contributed by atoms with Crippen molar-refractivity contribution in [1.29, 1.82) is 0 Å². The Labute approximate surface area is 95.9 Å². The molecular weight excluding hydrogens is 208 g/mol. The first-order valence-electron chi connectivity index (χ1n) is 5.80. The Kier molecular flexibility index (Phi) is 5.25. The third kappa shape index (κ3) is 3.48. The number of methoxy groups -OCH3 is 1. The highest BCUT2D eigenvalue weighted by Gasteiger charge is 2.26. The molecule has 0 aromatic heterocycles. The number of nitrogens with one attached hydrogen (secondary N) is 2. The summed E-state index contributed by atoms with van der Waals surface area (Å²) >= 11 is 0. The number of carbonyl (C=O) groups is 2. The highest BCUT2D eigenvalue weighted by Crippen LogP contribution is 2.07. The molecule has 1 fully saturated rings. The van der Waals surface area contributed by atoms with Gasteiger partial charge in [0.15, 0.2) is 0 Å². The normalized spacial score (nSPS) is 23.1. The molecular formula is C11H20N2O3. The van der Waals surface area contributed by atoms with E-state index in [1.165, 1.54) is 7.11 Å². The predicted molar refractivity (Wildman–Crippen MR) is 59.9 cm³/mol. The Morgan fingerprint density at radius 1 is 1.62 bits per heavy atom. The van der Waals surface area contributed by atoms with E-state index in [4.69, 9.17) is 0 Å². The van der Waals surface area contributed by atoms with Gasteiger partial charge in [0.1, 0.15) is 6.04 Å². The van der Waals surface area contributed by atoms with Crippen molar-refractivity contribution >= 4 is 11.9 Å². The Hall–Kier alpha value is -1.10. The van der Waals surface area contributed by atoms with Crippen LogP contribution in [0.1, 0.15) is 32.6 Å². The van der Waals surface area contributed by atoms with Gasteiger partial charge in [0.05, 0.1) is 13.2 Å². The zero-order chi connectivity index (χ0) is 12.0. The molecule has 0 radical (unpaired) electrons. The van der Waals surface area contributed by atoms with E-state index in [1.54, 1.807) is 0 Å². The third-order valence-corrected chi connectivity index (χ3v) is 2.83. The maximum Gasteiger partial charge on any atom is 0.322 e. The van der Waals surface area contributed by atoms with Crippen LogP contribution < -0.4 is 10.6 Å². The Morgan fingerprint density at radius 3 is 3.00 bits per heavy atom. The molecule has 0 aliphatic carbocycles. The smallest absolute Gasteiger partial charge is 0.322 e. The fraction of sp³-hybridized carbons (Fsp3) is 0.818. The SMILES string of the molecule is CCC(NC1CCCCNC1=O)C(=O)OC. The van der Waals surface area contributed by atoms with Crippen LogP contribution in [-0.4, -0.2) is 37.6 Å². The van der Waals surface area contributed by atoms with Gasteiger partial charge in [-0.25, -0.2) is 0 Å². The van der Waals surface area contributed by atoms with Gasteiger partial charge in [-0.1, -0.05) is 6.92 Å². The summed E-state index contributed by atoms with van der Waals surface area (Å²) in [6.07, 6.45) is 3.39. The summed E-state index contributed by atoms with van der Waals surface area (Å²) in [5, 5.41) is 5.89. The minimum Gasteiger partial charge on any atom is -0.468 e. The molecule has 1 heterocycles. The fourth-order valence-electron chi connectivity index (χ4n) is 1.84. The number of hydrogen-bond donors (Lipinski definition) is 2. The summed E-state index contributed by atoms with van der Waals surface area (Å²) in [4.78, 5) is 23.0. The average molecular weight is 228 g/mol. The zero-order valence-electron chi connectivity index (χ0n) is 9.91. The van der Waals surface area contributed by atoms with Crippen LogP contribution in [0.2, 0.25) is 0 Å². The molecule has 5 heteroatoms. The predicted octanol–water partition coefficient (Wildman–Crippen LogP) is 0.196. The molecule has 1 aliphatic heterocycles. The minimum absolute atomic E-state index is 0.0140. The molecule has 0 saturated carbocycles. The molecule has 0 aromatic rings. The standard InChI is InChI=1S/C11H20N2O3/c1-3-8(11(15)16-2)13-9-6-4-5-7-12-10(9)14/h8-9,13H,3-7H2,1-2H3,(H,12,14). The molecule has 0 bridgehead atoms. The fourth-order valence-corrected chi connectivity index (χ4v) is 1.84. The second kappa shape index (κ2) is 6.48. The number of hydrogen-bond acceptors (Lipinski definition) is 4. The summed E-state index contributed by atoms with van der Waals surface area (Å²) < 4.78 is 4.68. The van der Waals surface area contributed by atoms with Crippen molar-refractivity contribution in [1.82, 2.24) is 10.6 Å². The van der Waals surface area contributed by atoms with Crippen LogP contribution in [0.3, 0.4) is 0 Å². The van der Waals surface area contributed by atoms with Crippen LogP contribution in [-0.2, 0) is 14.3 Å². The first-order valence-corrected chi connectivity index (χ1v) is 5.80. The van der Waals surface area contributed by atoms with Crippen LogP contribution in [0.25, 0.3) is 0 Å². The Morgan fingerprint density at radius 2 is 2.38 bits per heavy atom. The van der Waals surface area contributed by atoms with Crippen LogP contribution in [0.5, 0.6) is 0 Å². The molecule has 1 amide bonds. The van der Waals surface area contributed by atoms with E-state index in [0.29, 0.717) is 6.42 Å². The number of carbonyl (C=O) groups excluding carboxylic acids is 2. The van der Waals surface area contributed by atoms with Crippen molar-refractivity contribution in [3.8, 4) is 0 Å². The summed E-state index contributed by atoms with van der Waals surface area (Å²) in [7, 11) is 1.36. The van der Waals surface area contributed by atoms with E-state index in [9.17, 15) is 9.59 Å². The van der Waals surface area contributed by atoms with Gasteiger partial charge < -0.3 is 10.1 Å². The zero-order valence-corrected chi connectivity index (χ0v) is 9.91. The molecule has 5 nitrogen and oxygen atoms in total. The van der Waals surface area contributed by atoms with Crippen molar-refractivity contribution in [3.63, 3.8) is 0 Å². The summed E-state index contributed by atoms with van der Waals surface area (Å²) in [5.41, 5.74) is 0. The number of ether oxygens (including phenoxy) is 1. The van der Waals surface area contributed by atoms with Gasteiger partial charge >= 0.3 is 5.97 Å². The van der Waals surface area contributed by atoms with Crippen LogP contribution >= 0.6 is 0 Å². The number of esters is 1. The van der Waals surface area contributed by atoms with Crippen molar-refractivity contribution in [2.75, 3.05) is 13.7 Å². The Balaban J connectivity index is 2.54. The quantitative estimate of drug-likeness (QED) is 0.674. The molecule has 2 atom stereocenters. The number of rotatable bonds is 4. The van der Waals surface area contributed by atoms with Crippen molar-refractivity contribution in [2.24, 2.45) is 0 Å². The third-order valence-electron chi connectivity index (χ3n) is 2.83. The van der Waals surface area contributed by atoms with Crippen LogP contribution in [0.15, 0.2) is 0 Å². The van der Waals surface area contributed by atoms with Crippen molar-refractivity contribution in [2.45, 2.75) is 44.7 Å². The molecule has 1 rings (SSSR count). The molecule has 2 unspecified atom stereocenters. The molecule has 1 aliphatic rings. The molecule has 2 N–H and O–H groups in total. The molecule has 0 aromatic carbocycles. The topological polar surface area (TPSA) is 67.4 Å². The lowest BCUT2D eigenvalue weighted by atomic mass is 10.1. The highest BCUT2D eigenvalue weighted by molar-refractivity contribution is 5.83. The molecule has 1 saturated heterocycles. The van der Waals surface area contributed by atoms with E-state index >= 15 is 0 Å². The maximum atomic E-state index is 11.7. The lowest BCUT2D eigenvalue weighted by Crippen LogP contribution is -2.50. The minimum atomic E-state index is -0.390. The molecule has 92 valence electrons. The largest absolute Gasteiger partial charge is 0.468 e. The lowest BCUT2D eigenvalue weighted by Gasteiger charge is -2.21. The van der Waals surface area contributed by atoms with Gasteiger partial charge in [-0.3, -0.25) is 14.9 Å². The summed E-state index contributed by atoms with van der Waals surface area (Å²) in [6, 6.07) is -0.662. The molecule has 16 heavy (non-hydrogen) atoms. The van der Waals surface area contributed by atoms with Gasteiger partial charge in [0, 0.05) is 6.54 Å². The van der Waals surface area contributed by atoms with E-state index in [-0.39, 0.29) is 24.0 Å². The molecule has 0 spiro atoms. The van der Waals surface area contributed by atoms with Gasteiger partial charge in [0.25, 0.3) is 0 Å². The van der Waals surface area contributed by atoms with E-state index in [1.807, 2.05) is 6.92 Å². The average Bonchev–Trinajstić information content (AvgIpc) is 2.50. The second-order valence-electron chi connectivity index (χ2n) is 3.99. The van der Waals surface area contributed by atoms with Crippen LogP contribution in [0, 0.1) is 0 Å². The van der Waals surface area contributed by atoms with Crippen molar-refractivity contribution in [3.05, 3.63) is 0 Å². The van der Waals surface area contributed by atoms with Gasteiger partial charge in [0.2, 0.25) is 5.91 Å². The van der Waals surface area contributed by atoms with Gasteiger partial charge in [-0.15, -0.1) is 0 Å². The van der Waals surface area contributed by atoms with Crippen molar-refractivity contribution < 1.29 is 14.3 Å². The van der Waals surface area contributed by atoms with Gasteiger partial charge in [-0.2, -0.15) is 0 Å². The summed E-state index contributed by atoms with van der Waals surface area (Å²) in [5.74, 6) is -0.320. The number of amides is 1. The van der Waals surface area contributed by atoms with E-state index in [0.717, 1.165) is 25.8 Å². The van der Waals surface area contributed by atoms with E-state index in [2.05, 4.69) is 15.4 Å². The first-order chi connectivity index (χ1) is 7.69. The monoisotopic (exact) mass is 228 g/mol. The second-order valence-corrected chi connectivity index (χ2v) is 3.99. The summed E-state index contributed by atoms with van der Waals surface area (Å²) in [6.45, 7) is 2.62. The first kappa shape index (κ1) is 13.0. The Bertz CT molecular complexity index is 256. The van der Waals surface area contributed by atoms with Crippen LogP contribution in [0.4, 0.5) is 0 Å². The highest BCUT2D eigenvalue weighted by atomic mass is 16.5.